The van der Waals surface area contributed by atoms with Crippen LogP contribution in [0.1, 0.15) is 29.9 Å². The summed E-state index contributed by atoms with van der Waals surface area (Å²) in [4.78, 5) is 35.3. The second kappa shape index (κ2) is 7.94. The number of nitro benzene ring substituents is 1. The number of carbonyl (C=O) groups excluding carboxylic acids is 1. The molecular formula is C18H15ClN2O8. The quantitative estimate of drug-likeness (QED) is 0.417. The van der Waals surface area contributed by atoms with Crippen LogP contribution in [0.25, 0.3) is 0 Å². The van der Waals surface area contributed by atoms with E-state index in [0.29, 0.717) is 0 Å². The smallest absolute Gasteiger partial charge is 0.340 e. The number of halogens is 1. The minimum Gasteiger partial charge on any atom is -0.462 e. The third kappa shape index (κ3) is 3.67. The largest absolute Gasteiger partial charge is 0.462 e. The van der Waals surface area contributed by atoms with E-state index in [4.69, 9.17) is 31.2 Å². The summed E-state index contributed by atoms with van der Waals surface area (Å²) in [5, 5.41) is 20.2. The Bertz CT molecular complexity index is 1090. The highest BCUT2D eigenvalue weighted by Gasteiger charge is 2.39. The molecule has 1 aromatic heterocycles. The highest BCUT2D eigenvalue weighted by atomic mass is 35.5. The second-order valence-corrected chi connectivity index (χ2v) is 6.34. The standard InChI is InChI=1S/C18H15ClN2O8/c1-2-27-18(24)14-13(8-3-4-11(21(25)26)10(19)5-8)16-15(29-17(14)20)12(23)6-9(7-22)28-16/h3-6,13,22H,2,7,20H2,1H3/t13-/m1/s1. The highest BCUT2D eigenvalue weighted by molar-refractivity contribution is 6.32. The molecule has 152 valence electrons. The Kier molecular flexibility index (Phi) is 5.57. The van der Waals surface area contributed by atoms with Crippen molar-refractivity contribution in [2.75, 3.05) is 6.61 Å². The Hall–Kier alpha value is -3.37. The summed E-state index contributed by atoms with van der Waals surface area (Å²) in [6, 6.07) is 4.79. The van der Waals surface area contributed by atoms with Crippen molar-refractivity contribution in [1.29, 1.82) is 0 Å². The average Bonchev–Trinajstić information content (AvgIpc) is 2.67. The minimum absolute atomic E-state index is 0.0385. The number of aliphatic hydroxyl groups excluding tert-OH is 1. The summed E-state index contributed by atoms with van der Waals surface area (Å²) in [6.45, 7) is 1.05. The van der Waals surface area contributed by atoms with Crippen LogP contribution in [-0.4, -0.2) is 22.6 Å². The fourth-order valence-electron chi connectivity index (χ4n) is 2.95. The van der Waals surface area contributed by atoms with Crippen LogP contribution in [0.4, 0.5) is 5.69 Å². The Morgan fingerprint density at radius 3 is 2.72 bits per heavy atom. The lowest BCUT2D eigenvalue weighted by Crippen LogP contribution is -2.30. The van der Waals surface area contributed by atoms with Crippen LogP contribution in [0.3, 0.4) is 0 Å². The van der Waals surface area contributed by atoms with Crippen LogP contribution >= 0.6 is 11.6 Å². The van der Waals surface area contributed by atoms with Crippen molar-refractivity contribution in [2.45, 2.75) is 19.4 Å². The molecule has 11 heteroatoms. The molecule has 0 saturated carbocycles. The first-order valence-corrected chi connectivity index (χ1v) is 8.72. The number of aliphatic hydroxyl groups is 1. The van der Waals surface area contributed by atoms with Crippen LogP contribution < -0.4 is 15.9 Å². The van der Waals surface area contributed by atoms with Gasteiger partial charge in [-0.3, -0.25) is 14.9 Å². The van der Waals surface area contributed by atoms with E-state index in [9.17, 15) is 24.8 Å². The van der Waals surface area contributed by atoms with Gasteiger partial charge in [-0.15, -0.1) is 0 Å². The van der Waals surface area contributed by atoms with Crippen molar-refractivity contribution >= 4 is 23.3 Å². The van der Waals surface area contributed by atoms with Gasteiger partial charge < -0.3 is 24.7 Å². The topological polar surface area (TPSA) is 155 Å². The molecule has 0 bridgehead atoms. The molecule has 3 rings (SSSR count). The third-order valence-electron chi connectivity index (χ3n) is 4.16. The maximum Gasteiger partial charge on any atom is 0.340 e. The molecule has 1 aliphatic rings. The summed E-state index contributed by atoms with van der Waals surface area (Å²) in [6.07, 6.45) is 0. The van der Waals surface area contributed by atoms with Gasteiger partial charge in [-0.1, -0.05) is 17.7 Å². The van der Waals surface area contributed by atoms with Crippen LogP contribution in [0, 0.1) is 10.1 Å². The van der Waals surface area contributed by atoms with E-state index in [0.717, 1.165) is 12.1 Å². The number of hydrogen-bond donors (Lipinski definition) is 2. The summed E-state index contributed by atoms with van der Waals surface area (Å²) in [5.74, 6) is -2.75. The first kappa shape index (κ1) is 20.4. The third-order valence-corrected chi connectivity index (χ3v) is 4.46. The number of rotatable bonds is 5. The minimum atomic E-state index is -1.10. The van der Waals surface area contributed by atoms with Crippen LogP contribution in [0.15, 0.2) is 44.9 Å². The van der Waals surface area contributed by atoms with Gasteiger partial charge in [-0.05, 0) is 18.6 Å². The molecule has 1 aromatic carbocycles. The second-order valence-electron chi connectivity index (χ2n) is 5.93. The van der Waals surface area contributed by atoms with Gasteiger partial charge in [0.1, 0.15) is 23.0 Å². The van der Waals surface area contributed by atoms with E-state index < -0.39 is 28.8 Å². The zero-order valence-electron chi connectivity index (χ0n) is 15.0. The van der Waals surface area contributed by atoms with E-state index >= 15 is 0 Å². The number of carbonyl (C=O) groups is 1. The van der Waals surface area contributed by atoms with Gasteiger partial charge in [0.05, 0.1) is 17.4 Å². The molecule has 0 radical (unpaired) electrons. The van der Waals surface area contributed by atoms with Gasteiger partial charge >= 0.3 is 5.97 Å². The summed E-state index contributed by atoms with van der Waals surface area (Å²) in [7, 11) is 0. The van der Waals surface area contributed by atoms with Crippen LogP contribution in [0.2, 0.25) is 5.02 Å². The van der Waals surface area contributed by atoms with E-state index in [2.05, 4.69) is 0 Å². The molecule has 1 atom stereocenters. The lowest BCUT2D eigenvalue weighted by atomic mass is 9.86. The van der Waals surface area contributed by atoms with Crippen molar-refractivity contribution in [3.05, 3.63) is 78.2 Å². The molecule has 0 aliphatic carbocycles. The van der Waals surface area contributed by atoms with Crippen molar-refractivity contribution in [1.82, 2.24) is 0 Å². The Labute approximate surface area is 168 Å². The monoisotopic (exact) mass is 422 g/mol. The number of ether oxygens (including phenoxy) is 2. The number of benzene rings is 1. The van der Waals surface area contributed by atoms with Gasteiger partial charge in [-0.2, -0.15) is 0 Å². The normalized spacial score (nSPS) is 15.5. The Morgan fingerprint density at radius 2 is 2.14 bits per heavy atom. The van der Waals surface area contributed by atoms with Crippen molar-refractivity contribution < 1.29 is 28.7 Å². The molecule has 1 aliphatic heterocycles. The molecule has 0 spiro atoms. The molecular weight excluding hydrogens is 408 g/mol. The molecule has 3 N–H and O–H groups in total. The predicted molar refractivity (Wildman–Crippen MR) is 99.3 cm³/mol. The number of nitrogens with zero attached hydrogens (tertiary/aromatic N) is 1. The zero-order chi connectivity index (χ0) is 21.3. The fourth-order valence-corrected chi connectivity index (χ4v) is 3.21. The molecule has 0 fully saturated rings. The average molecular weight is 423 g/mol. The Balaban J connectivity index is 2.28. The van der Waals surface area contributed by atoms with Gasteiger partial charge in [0.15, 0.2) is 5.76 Å². The number of esters is 1. The first-order chi connectivity index (χ1) is 13.8. The molecule has 0 saturated heterocycles. The highest BCUT2D eigenvalue weighted by Crippen LogP contribution is 2.43. The SMILES string of the molecule is CCOC(=O)C1=C(N)Oc2c(oc(CO)cc2=O)[C@@H]1c1ccc([N+](=O)[O-])c(Cl)c1. The predicted octanol–water partition coefficient (Wildman–Crippen LogP) is 1.95. The molecule has 10 nitrogen and oxygen atoms in total. The van der Waals surface area contributed by atoms with Crippen molar-refractivity contribution in [3.63, 3.8) is 0 Å². The van der Waals surface area contributed by atoms with Gasteiger partial charge in [-0.25, -0.2) is 4.79 Å². The van der Waals surface area contributed by atoms with Gasteiger partial charge in [0, 0.05) is 12.1 Å². The molecule has 2 aromatic rings. The van der Waals surface area contributed by atoms with Crippen molar-refractivity contribution in [3.8, 4) is 5.75 Å². The van der Waals surface area contributed by atoms with Crippen molar-refractivity contribution in [2.24, 2.45) is 5.73 Å². The van der Waals surface area contributed by atoms with E-state index in [-0.39, 0.29) is 51.6 Å². The molecule has 0 amide bonds. The lowest BCUT2D eigenvalue weighted by molar-refractivity contribution is -0.384. The zero-order valence-corrected chi connectivity index (χ0v) is 15.8. The molecule has 29 heavy (non-hydrogen) atoms. The maximum atomic E-state index is 12.6. The Morgan fingerprint density at radius 1 is 1.41 bits per heavy atom. The number of hydrogen-bond acceptors (Lipinski definition) is 9. The van der Waals surface area contributed by atoms with Crippen LogP contribution in [0.5, 0.6) is 5.75 Å². The van der Waals surface area contributed by atoms with Gasteiger partial charge in [0.2, 0.25) is 17.1 Å². The van der Waals surface area contributed by atoms with Crippen LogP contribution in [-0.2, 0) is 16.1 Å². The van der Waals surface area contributed by atoms with Gasteiger partial charge in [0.25, 0.3) is 5.69 Å². The summed E-state index contributed by atoms with van der Waals surface area (Å²) < 4.78 is 15.9. The maximum absolute atomic E-state index is 12.6. The molecule has 2 heterocycles. The number of fused-ring (bicyclic) bond motifs is 1. The summed E-state index contributed by atoms with van der Waals surface area (Å²) in [5.41, 5.74) is 5.03. The fraction of sp³-hybridized carbons (Fsp3) is 0.222. The molecule has 0 unspecified atom stereocenters. The number of nitro groups is 1. The summed E-state index contributed by atoms with van der Waals surface area (Å²) >= 11 is 6.02. The van der Waals surface area contributed by atoms with E-state index in [1.807, 2.05) is 0 Å². The van der Waals surface area contributed by atoms with E-state index in [1.165, 1.54) is 12.1 Å². The number of nitrogens with two attached hydrogens (primary N) is 1. The first-order valence-electron chi connectivity index (χ1n) is 8.34. The lowest BCUT2D eigenvalue weighted by Gasteiger charge is -2.27. The van der Waals surface area contributed by atoms with E-state index in [1.54, 1.807) is 6.92 Å².